The summed E-state index contributed by atoms with van der Waals surface area (Å²) in [6, 6.07) is 6.28. The molecule has 0 saturated heterocycles. The second kappa shape index (κ2) is 3.32. The molecule has 0 bridgehead atoms. The molecular formula is C13H17N3. The van der Waals surface area contributed by atoms with Crippen LogP contribution >= 0.6 is 0 Å². The topological polar surface area (TPSA) is 43.8 Å². The Morgan fingerprint density at radius 1 is 1.31 bits per heavy atom. The van der Waals surface area contributed by atoms with Crippen LogP contribution in [0.5, 0.6) is 0 Å². The second-order valence-electron chi connectivity index (χ2n) is 4.89. The number of nitrogens with zero attached hydrogens (tertiary/aromatic N) is 2. The molecule has 2 N–H and O–H groups in total. The molecule has 1 aromatic carbocycles. The zero-order valence-electron chi connectivity index (χ0n) is 9.61. The fraction of sp³-hybridized carbons (Fsp3) is 0.462. The summed E-state index contributed by atoms with van der Waals surface area (Å²) < 4.78 is 2.08. The van der Waals surface area contributed by atoms with Crippen molar-refractivity contribution in [1.29, 1.82) is 0 Å². The highest BCUT2D eigenvalue weighted by molar-refractivity contribution is 5.80. The molecule has 1 aliphatic carbocycles. The molecule has 0 radical (unpaired) electrons. The van der Waals surface area contributed by atoms with Crippen LogP contribution in [0.3, 0.4) is 0 Å². The Kier molecular flexibility index (Phi) is 2.04. The van der Waals surface area contributed by atoms with Gasteiger partial charge in [0.2, 0.25) is 0 Å². The molecule has 2 aromatic rings. The zero-order chi connectivity index (χ0) is 11.2. The Morgan fingerprint density at radius 3 is 2.81 bits per heavy atom. The average molecular weight is 215 g/mol. The number of aryl methyl sites for hydroxylation is 1. The molecule has 1 aliphatic rings. The van der Waals surface area contributed by atoms with Gasteiger partial charge in [-0.3, -0.25) is 0 Å². The first-order valence-corrected chi connectivity index (χ1v) is 5.90. The van der Waals surface area contributed by atoms with Gasteiger partial charge in [-0.15, -0.1) is 0 Å². The van der Waals surface area contributed by atoms with E-state index in [2.05, 4.69) is 27.8 Å². The third-order valence-electron chi connectivity index (χ3n) is 3.77. The van der Waals surface area contributed by atoms with E-state index in [1.165, 1.54) is 23.9 Å². The van der Waals surface area contributed by atoms with Crippen molar-refractivity contribution in [3.05, 3.63) is 30.1 Å². The smallest absolute Gasteiger partial charge is 0.0955 e. The molecule has 16 heavy (non-hydrogen) atoms. The van der Waals surface area contributed by atoms with E-state index in [1.54, 1.807) is 0 Å². The number of aromatic nitrogens is 2. The summed E-state index contributed by atoms with van der Waals surface area (Å²) in [7, 11) is 2.04. The van der Waals surface area contributed by atoms with Crippen molar-refractivity contribution >= 4 is 11.0 Å². The molecular weight excluding hydrogens is 198 g/mol. The molecule has 0 spiro atoms. The third-order valence-corrected chi connectivity index (χ3v) is 3.77. The van der Waals surface area contributed by atoms with Crippen LogP contribution < -0.4 is 5.73 Å². The van der Waals surface area contributed by atoms with E-state index < -0.39 is 0 Å². The van der Waals surface area contributed by atoms with Gasteiger partial charge in [-0.1, -0.05) is 25.0 Å². The normalized spacial score (nSPS) is 19.4. The maximum atomic E-state index is 6.53. The Hall–Kier alpha value is -1.35. The number of rotatable bonds is 1. The van der Waals surface area contributed by atoms with Gasteiger partial charge in [0.25, 0.3) is 0 Å². The van der Waals surface area contributed by atoms with Crippen LogP contribution in [-0.4, -0.2) is 9.55 Å². The number of benzene rings is 1. The summed E-state index contributed by atoms with van der Waals surface area (Å²) in [4.78, 5) is 4.39. The van der Waals surface area contributed by atoms with E-state index in [1.807, 2.05) is 13.4 Å². The van der Waals surface area contributed by atoms with Crippen molar-refractivity contribution in [1.82, 2.24) is 9.55 Å². The van der Waals surface area contributed by atoms with Crippen LogP contribution in [0, 0.1) is 0 Å². The number of para-hydroxylation sites is 1. The first-order chi connectivity index (χ1) is 7.71. The van der Waals surface area contributed by atoms with Crippen LogP contribution in [0.2, 0.25) is 0 Å². The molecule has 3 heteroatoms. The molecule has 0 unspecified atom stereocenters. The van der Waals surface area contributed by atoms with Gasteiger partial charge >= 0.3 is 0 Å². The van der Waals surface area contributed by atoms with E-state index in [9.17, 15) is 0 Å². The molecule has 0 aliphatic heterocycles. The highest BCUT2D eigenvalue weighted by Crippen LogP contribution is 2.39. The fourth-order valence-electron chi connectivity index (χ4n) is 2.89. The standard InChI is InChI=1S/C13H17N3/c1-16-9-15-11-6-4-5-10(12(11)16)13(14)7-2-3-8-13/h4-6,9H,2-3,7-8,14H2,1H3. The molecule has 1 heterocycles. The summed E-state index contributed by atoms with van der Waals surface area (Å²) in [6.07, 6.45) is 6.54. The van der Waals surface area contributed by atoms with Gasteiger partial charge in [-0.2, -0.15) is 0 Å². The van der Waals surface area contributed by atoms with Gasteiger partial charge in [0, 0.05) is 12.6 Å². The maximum absolute atomic E-state index is 6.53. The van der Waals surface area contributed by atoms with E-state index in [0.29, 0.717) is 0 Å². The fourth-order valence-corrected chi connectivity index (χ4v) is 2.89. The summed E-state index contributed by atoms with van der Waals surface area (Å²) in [5.74, 6) is 0. The van der Waals surface area contributed by atoms with Gasteiger partial charge in [0.1, 0.15) is 0 Å². The van der Waals surface area contributed by atoms with Gasteiger partial charge in [-0.25, -0.2) is 4.98 Å². The van der Waals surface area contributed by atoms with Crippen LogP contribution in [-0.2, 0) is 12.6 Å². The van der Waals surface area contributed by atoms with Crippen molar-refractivity contribution in [3.63, 3.8) is 0 Å². The Balaban J connectivity index is 2.26. The van der Waals surface area contributed by atoms with E-state index in [4.69, 9.17) is 5.73 Å². The van der Waals surface area contributed by atoms with E-state index >= 15 is 0 Å². The SMILES string of the molecule is Cn1cnc2cccc(C3(N)CCCC3)c21. The van der Waals surface area contributed by atoms with Gasteiger partial charge < -0.3 is 10.3 Å². The molecule has 0 atom stereocenters. The highest BCUT2D eigenvalue weighted by Gasteiger charge is 2.33. The third kappa shape index (κ3) is 1.28. The minimum Gasteiger partial charge on any atom is -0.333 e. The zero-order valence-corrected chi connectivity index (χ0v) is 9.61. The number of hydrogen-bond acceptors (Lipinski definition) is 2. The molecule has 84 valence electrons. The van der Waals surface area contributed by atoms with Crippen molar-refractivity contribution in [3.8, 4) is 0 Å². The van der Waals surface area contributed by atoms with Crippen LogP contribution in [0.1, 0.15) is 31.2 Å². The van der Waals surface area contributed by atoms with Gasteiger partial charge in [-0.05, 0) is 24.5 Å². The van der Waals surface area contributed by atoms with Crippen molar-refractivity contribution < 1.29 is 0 Å². The average Bonchev–Trinajstić information content (AvgIpc) is 2.87. The first-order valence-electron chi connectivity index (χ1n) is 5.90. The predicted octanol–water partition coefficient (Wildman–Crippen LogP) is 2.30. The quantitative estimate of drug-likeness (QED) is 0.793. The summed E-state index contributed by atoms with van der Waals surface area (Å²) in [6.45, 7) is 0. The second-order valence-corrected chi connectivity index (χ2v) is 4.89. The lowest BCUT2D eigenvalue weighted by Crippen LogP contribution is -2.33. The molecule has 1 aromatic heterocycles. The van der Waals surface area contributed by atoms with Crippen LogP contribution in [0.15, 0.2) is 24.5 Å². The summed E-state index contributed by atoms with van der Waals surface area (Å²) >= 11 is 0. The van der Waals surface area contributed by atoms with Crippen LogP contribution in [0.25, 0.3) is 11.0 Å². The highest BCUT2D eigenvalue weighted by atomic mass is 15.0. The number of nitrogens with two attached hydrogens (primary N) is 1. The molecule has 1 fully saturated rings. The molecule has 3 rings (SSSR count). The predicted molar refractivity (Wildman–Crippen MR) is 65.0 cm³/mol. The summed E-state index contributed by atoms with van der Waals surface area (Å²) in [5.41, 5.74) is 9.92. The van der Waals surface area contributed by atoms with Gasteiger partial charge in [0.05, 0.1) is 17.4 Å². The molecule has 3 nitrogen and oxygen atoms in total. The monoisotopic (exact) mass is 215 g/mol. The van der Waals surface area contributed by atoms with Crippen molar-refractivity contribution in [2.75, 3.05) is 0 Å². The van der Waals surface area contributed by atoms with E-state index in [0.717, 1.165) is 18.4 Å². The first kappa shape index (κ1) is 9.85. The van der Waals surface area contributed by atoms with E-state index in [-0.39, 0.29) is 5.54 Å². The Labute approximate surface area is 95.3 Å². The lowest BCUT2D eigenvalue weighted by atomic mass is 9.88. The van der Waals surface area contributed by atoms with Crippen molar-refractivity contribution in [2.45, 2.75) is 31.2 Å². The van der Waals surface area contributed by atoms with Crippen molar-refractivity contribution in [2.24, 2.45) is 12.8 Å². The number of hydrogen-bond donors (Lipinski definition) is 1. The molecule has 0 amide bonds. The number of imidazole rings is 1. The Bertz CT molecular complexity index is 521. The lowest BCUT2D eigenvalue weighted by molar-refractivity contribution is 0.464. The lowest BCUT2D eigenvalue weighted by Gasteiger charge is -2.25. The largest absolute Gasteiger partial charge is 0.333 e. The molecule has 1 saturated carbocycles. The summed E-state index contributed by atoms with van der Waals surface area (Å²) in [5, 5.41) is 0. The minimum absolute atomic E-state index is 0.132. The number of fused-ring (bicyclic) bond motifs is 1. The minimum atomic E-state index is -0.132. The van der Waals surface area contributed by atoms with Gasteiger partial charge in [0.15, 0.2) is 0 Å². The maximum Gasteiger partial charge on any atom is 0.0955 e. The van der Waals surface area contributed by atoms with Crippen LogP contribution in [0.4, 0.5) is 0 Å². The Morgan fingerprint density at radius 2 is 2.06 bits per heavy atom.